The molecule has 1 N–H and O–H groups in total. The molecule has 84 valence electrons. The van der Waals surface area contributed by atoms with Gasteiger partial charge in [0.2, 0.25) is 0 Å². The first-order chi connectivity index (χ1) is 6.41. The van der Waals surface area contributed by atoms with Crippen molar-refractivity contribution in [2.75, 3.05) is 13.1 Å². The maximum Gasteiger partial charge on any atom is 0.460 e. The second-order valence-electron chi connectivity index (χ2n) is 4.01. The molecule has 0 amide bonds. The Labute approximate surface area is 82.5 Å². The Morgan fingerprint density at radius 1 is 1.43 bits per heavy atom. The minimum Gasteiger partial charge on any atom is -0.313 e. The van der Waals surface area contributed by atoms with Crippen LogP contribution in [0.3, 0.4) is 0 Å². The van der Waals surface area contributed by atoms with E-state index in [0.29, 0.717) is 4.90 Å². The molecule has 2 nitrogen and oxygen atoms in total. The molecule has 1 aliphatic rings. The molecule has 0 saturated carbocycles. The van der Waals surface area contributed by atoms with Crippen molar-refractivity contribution in [2.24, 2.45) is 0 Å². The van der Waals surface area contributed by atoms with Crippen LogP contribution in [0.4, 0.5) is 13.2 Å². The predicted molar refractivity (Wildman–Crippen MR) is 48.9 cm³/mol. The van der Waals surface area contributed by atoms with Gasteiger partial charge < -0.3 is 5.32 Å². The van der Waals surface area contributed by atoms with Gasteiger partial charge in [0, 0.05) is 18.6 Å². The van der Waals surface area contributed by atoms with Gasteiger partial charge >= 0.3 is 6.30 Å². The van der Waals surface area contributed by atoms with Crippen LogP contribution in [0.15, 0.2) is 0 Å². The van der Waals surface area contributed by atoms with Crippen LogP contribution in [0, 0.1) is 0 Å². The van der Waals surface area contributed by atoms with Crippen molar-refractivity contribution in [3.8, 4) is 0 Å². The second-order valence-corrected chi connectivity index (χ2v) is 4.01. The lowest BCUT2D eigenvalue weighted by Crippen LogP contribution is -2.48. The summed E-state index contributed by atoms with van der Waals surface area (Å²) < 4.78 is 37.6. The van der Waals surface area contributed by atoms with E-state index in [1.807, 2.05) is 0 Å². The van der Waals surface area contributed by atoms with E-state index in [1.54, 1.807) is 13.8 Å². The molecule has 14 heavy (non-hydrogen) atoms. The average molecular weight is 210 g/mol. The fourth-order valence-corrected chi connectivity index (χ4v) is 1.76. The van der Waals surface area contributed by atoms with E-state index in [0.717, 1.165) is 19.4 Å². The van der Waals surface area contributed by atoms with Gasteiger partial charge in [-0.15, -0.1) is 0 Å². The summed E-state index contributed by atoms with van der Waals surface area (Å²) >= 11 is 0. The van der Waals surface area contributed by atoms with Gasteiger partial charge in [0.05, 0.1) is 0 Å². The van der Waals surface area contributed by atoms with Crippen molar-refractivity contribution in [3.05, 3.63) is 0 Å². The number of nitrogens with one attached hydrogen (secondary N) is 1. The summed E-state index contributed by atoms with van der Waals surface area (Å²) in [5, 5.41) is 3.07. The van der Waals surface area contributed by atoms with Crippen LogP contribution in [0.5, 0.6) is 0 Å². The summed E-state index contributed by atoms with van der Waals surface area (Å²) in [6.45, 7) is 4.06. The summed E-state index contributed by atoms with van der Waals surface area (Å²) in [5.41, 5.74) is 0. The summed E-state index contributed by atoms with van der Waals surface area (Å²) in [5.74, 6) is 0. The monoisotopic (exact) mass is 210 g/mol. The Bertz CT molecular complexity index is 173. The zero-order chi connectivity index (χ0) is 10.8. The Morgan fingerprint density at radius 2 is 2.07 bits per heavy atom. The van der Waals surface area contributed by atoms with Gasteiger partial charge in [0.1, 0.15) is 0 Å². The predicted octanol–water partition coefficient (Wildman–Crippen LogP) is 1.97. The lowest BCUT2D eigenvalue weighted by molar-refractivity contribution is -0.256. The van der Waals surface area contributed by atoms with E-state index in [4.69, 9.17) is 0 Å². The van der Waals surface area contributed by atoms with Gasteiger partial charge in [0.25, 0.3) is 0 Å². The maximum atomic E-state index is 12.5. The Morgan fingerprint density at radius 3 is 2.43 bits per heavy atom. The quantitative estimate of drug-likeness (QED) is 0.716. The molecule has 5 heteroatoms. The highest BCUT2D eigenvalue weighted by atomic mass is 19.4. The highest BCUT2D eigenvalue weighted by molar-refractivity contribution is 4.80. The van der Waals surface area contributed by atoms with E-state index in [-0.39, 0.29) is 12.6 Å². The fraction of sp³-hybridized carbons (Fsp3) is 1.00. The molecule has 1 atom stereocenters. The van der Waals surface area contributed by atoms with Crippen molar-refractivity contribution in [1.29, 1.82) is 0 Å². The molecule has 0 bridgehead atoms. The molecular formula is C9H17F3N2. The standard InChI is InChI=1S/C9H17F3N2/c1-7(2)14(9(10,11)12)6-8-4-3-5-13-8/h7-8,13H,3-6H2,1-2H3/t8-/m1/s1. The molecule has 0 aliphatic carbocycles. The van der Waals surface area contributed by atoms with Crippen LogP contribution in [0.1, 0.15) is 26.7 Å². The van der Waals surface area contributed by atoms with Gasteiger partial charge in [-0.05, 0) is 33.2 Å². The van der Waals surface area contributed by atoms with Gasteiger partial charge in [-0.3, -0.25) is 0 Å². The summed E-state index contributed by atoms with van der Waals surface area (Å²) in [6.07, 6.45) is -2.38. The molecule has 1 fully saturated rings. The zero-order valence-electron chi connectivity index (χ0n) is 8.56. The third kappa shape index (κ3) is 3.13. The normalized spacial score (nSPS) is 23.8. The zero-order valence-corrected chi connectivity index (χ0v) is 8.56. The van der Waals surface area contributed by atoms with Gasteiger partial charge in [0.15, 0.2) is 0 Å². The molecular weight excluding hydrogens is 193 g/mol. The molecule has 0 aromatic heterocycles. The smallest absolute Gasteiger partial charge is 0.313 e. The number of hydrogen-bond donors (Lipinski definition) is 1. The van der Waals surface area contributed by atoms with Crippen molar-refractivity contribution in [2.45, 2.75) is 45.1 Å². The number of nitrogens with zero attached hydrogens (tertiary/aromatic N) is 1. The van der Waals surface area contributed by atoms with Gasteiger partial charge in [-0.2, -0.15) is 13.2 Å². The Balaban J connectivity index is 2.50. The highest BCUT2D eigenvalue weighted by Gasteiger charge is 2.40. The fourth-order valence-electron chi connectivity index (χ4n) is 1.76. The van der Waals surface area contributed by atoms with Crippen molar-refractivity contribution < 1.29 is 13.2 Å². The van der Waals surface area contributed by atoms with Crippen LogP contribution in [-0.2, 0) is 0 Å². The molecule has 0 spiro atoms. The molecule has 1 rings (SSSR count). The van der Waals surface area contributed by atoms with Crippen molar-refractivity contribution in [1.82, 2.24) is 10.2 Å². The van der Waals surface area contributed by atoms with Crippen LogP contribution < -0.4 is 5.32 Å². The molecule has 1 aliphatic heterocycles. The molecule has 1 heterocycles. The highest BCUT2D eigenvalue weighted by Crippen LogP contribution is 2.24. The third-order valence-electron chi connectivity index (χ3n) is 2.53. The molecule has 1 saturated heterocycles. The molecule has 0 aromatic carbocycles. The number of alkyl halides is 3. The lowest BCUT2D eigenvalue weighted by atomic mass is 10.2. The summed E-state index contributed by atoms with van der Waals surface area (Å²) in [6, 6.07) is -0.489. The summed E-state index contributed by atoms with van der Waals surface area (Å²) in [4.78, 5) is 0.593. The van der Waals surface area contributed by atoms with E-state index in [9.17, 15) is 13.2 Å². The minimum absolute atomic E-state index is 0.000903. The molecule has 0 unspecified atom stereocenters. The average Bonchev–Trinajstić information content (AvgIpc) is 2.48. The first-order valence-corrected chi connectivity index (χ1v) is 4.98. The van der Waals surface area contributed by atoms with E-state index < -0.39 is 12.3 Å². The second kappa shape index (κ2) is 4.49. The maximum absolute atomic E-state index is 12.5. The lowest BCUT2D eigenvalue weighted by Gasteiger charge is -2.30. The summed E-state index contributed by atoms with van der Waals surface area (Å²) in [7, 11) is 0. The molecule has 0 radical (unpaired) electrons. The van der Waals surface area contributed by atoms with Crippen molar-refractivity contribution in [3.63, 3.8) is 0 Å². The number of rotatable bonds is 3. The third-order valence-corrected chi connectivity index (χ3v) is 2.53. The Kier molecular flexibility index (Phi) is 3.78. The largest absolute Gasteiger partial charge is 0.460 e. The SMILES string of the molecule is CC(C)N(C[C@H]1CCCN1)C(F)(F)F. The van der Waals surface area contributed by atoms with Crippen LogP contribution >= 0.6 is 0 Å². The molecule has 0 aromatic rings. The number of halogens is 3. The van der Waals surface area contributed by atoms with Gasteiger partial charge in [-0.25, -0.2) is 4.90 Å². The van der Waals surface area contributed by atoms with E-state index in [2.05, 4.69) is 5.32 Å². The first kappa shape index (κ1) is 11.8. The van der Waals surface area contributed by atoms with Crippen LogP contribution in [0.2, 0.25) is 0 Å². The van der Waals surface area contributed by atoms with Crippen LogP contribution in [-0.4, -0.2) is 36.4 Å². The Hall–Kier alpha value is -0.290. The topological polar surface area (TPSA) is 15.3 Å². The van der Waals surface area contributed by atoms with Gasteiger partial charge in [-0.1, -0.05) is 0 Å². The number of hydrogen-bond acceptors (Lipinski definition) is 2. The first-order valence-electron chi connectivity index (χ1n) is 4.98. The van der Waals surface area contributed by atoms with Crippen LogP contribution in [0.25, 0.3) is 0 Å². The van der Waals surface area contributed by atoms with E-state index in [1.165, 1.54) is 0 Å². The van der Waals surface area contributed by atoms with Crippen molar-refractivity contribution >= 4 is 0 Å². The van der Waals surface area contributed by atoms with E-state index >= 15 is 0 Å². The minimum atomic E-state index is -4.21.